The molecule has 0 bridgehead atoms. The number of nitrogens with zero attached hydrogens (tertiary/aromatic N) is 2. The van der Waals surface area contributed by atoms with Gasteiger partial charge in [0.2, 0.25) is 11.9 Å². The monoisotopic (exact) mass is 333 g/mol. The Labute approximate surface area is 132 Å². The maximum atomic E-state index is 12.0. The molecule has 0 fully saturated rings. The van der Waals surface area contributed by atoms with Crippen LogP contribution in [-0.2, 0) is 10.2 Å². The SMILES string of the molecule is CCC(C)(/C(C)=C/CNC(=O)CCC(F)(F)F)c1nc(N)n[nH]1. The van der Waals surface area contributed by atoms with E-state index in [9.17, 15) is 18.0 Å². The second kappa shape index (κ2) is 7.47. The van der Waals surface area contributed by atoms with E-state index >= 15 is 0 Å². The quantitative estimate of drug-likeness (QED) is 0.668. The number of nitrogens with one attached hydrogen (secondary N) is 2. The van der Waals surface area contributed by atoms with Crippen LogP contribution in [0.25, 0.3) is 0 Å². The van der Waals surface area contributed by atoms with E-state index in [0.29, 0.717) is 12.2 Å². The Hall–Kier alpha value is -2.06. The third-order valence-electron chi connectivity index (χ3n) is 3.95. The van der Waals surface area contributed by atoms with Gasteiger partial charge in [-0.05, 0) is 20.3 Å². The van der Waals surface area contributed by atoms with Crippen molar-refractivity contribution in [2.24, 2.45) is 0 Å². The second-order valence-corrected chi connectivity index (χ2v) is 5.53. The molecule has 1 rings (SSSR count). The van der Waals surface area contributed by atoms with E-state index in [4.69, 9.17) is 5.73 Å². The summed E-state index contributed by atoms with van der Waals surface area (Å²) >= 11 is 0. The van der Waals surface area contributed by atoms with Crippen molar-refractivity contribution < 1.29 is 18.0 Å². The molecular weight excluding hydrogens is 311 g/mol. The van der Waals surface area contributed by atoms with E-state index in [2.05, 4.69) is 20.5 Å². The minimum absolute atomic E-state index is 0.146. The number of nitrogen functional groups attached to an aromatic ring is 1. The third kappa shape index (κ3) is 5.57. The lowest BCUT2D eigenvalue weighted by molar-refractivity contribution is -0.144. The van der Waals surface area contributed by atoms with Crippen molar-refractivity contribution in [1.82, 2.24) is 20.5 Å². The Bertz CT molecular complexity index is 567. The highest BCUT2D eigenvalue weighted by Crippen LogP contribution is 2.32. The van der Waals surface area contributed by atoms with Gasteiger partial charge in [0, 0.05) is 18.4 Å². The Morgan fingerprint density at radius 2 is 2.09 bits per heavy atom. The fourth-order valence-electron chi connectivity index (χ4n) is 2.04. The Morgan fingerprint density at radius 1 is 1.43 bits per heavy atom. The fourth-order valence-corrected chi connectivity index (χ4v) is 2.04. The molecule has 0 aliphatic rings. The Balaban J connectivity index is 2.63. The maximum Gasteiger partial charge on any atom is 0.389 e. The maximum absolute atomic E-state index is 12.0. The number of aromatic nitrogens is 3. The van der Waals surface area contributed by atoms with Gasteiger partial charge in [-0.25, -0.2) is 0 Å². The molecule has 6 nitrogen and oxygen atoms in total. The van der Waals surface area contributed by atoms with Crippen molar-refractivity contribution in [3.63, 3.8) is 0 Å². The number of hydrogen-bond donors (Lipinski definition) is 3. The fraction of sp³-hybridized carbons (Fsp3) is 0.643. The first-order valence-corrected chi connectivity index (χ1v) is 7.27. The van der Waals surface area contributed by atoms with Gasteiger partial charge >= 0.3 is 6.18 Å². The summed E-state index contributed by atoms with van der Waals surface area (Å²) in [6.45, 7) is 5.94. The molecule has 0 aliphatic carbocycles. The Kier molecular flexibility index (Phi) is 6.17. The molecule has 0 aromatic carbocycles. The van der Waals surface area contributed by atoms with Crippen LogP contribution in [0.3, 0.4) is 0 Å². The first-order chi connectivity index (χ1) is 10.6. The number of rotatable bonds is 7. The van der Waals surface area contributed by atoms with Crippen LogP contribution in [0.1, 0.15) is 45.9 Å². The molecule has 1 heterocycles. The summed E-state index contributed by atoms with van der Waals surface area (Å²) in [6, 6.07) is 0. The van der Waals surface area contributed by atoms with Gasteiger partial charge in [-0.15, -0.1) is 5.10 Å². The number of halogens is 3. The first-order valence-electron chi connectivity index (χ1n) is 7.27. The lowest BCUT2D eigenvalue weighted by Gasteiger charge is -2.27. The Morgan fingerprint density at radius 3 is 2.57 bits per heavy atom. The van der Waals surface area contributed by atoms with E-state index in [1.807, 2.05) is 20.8 Å². The minimum Gasteiger partial charge on any atom is -0.367 e. The number of carbonyl (C=O) groups is 1. The van der Waals surface area contributed by atoms with Gasteiger partial charge < -0.3 is 11.1 Å². The van der Waals surface area contributed by atoms with E-state index in [1.165, 1.54) is 0 Å². The van der Waals surface area contributed by atoms with Crippen LogP contribution in [0, 0.1) is 0 Å². The van der Waals surface area contributed by atoms with E-state index in [1.54, 1.807) is 6.08 Å². The lowest BCUT2D eigenvalue weighted by Crippen LogP contribution is -2.28. The zero-order valence-corrected chi connectivity index (χ0v) is 13.4. The van der Waals surface area contributed by atoms with Crippen molar-refractivity contribution in [2.45, 2.75) is 51.6 Å². The van der Waals surface area contributed by atoms with Crippen LogP contribution in [0.2, 0.25) is 0 Å². The topological polar surface area (TPSA) is 96.7 Å². The van der Waals surface area contributed by atoms with Crippen LogP contribution >= 0.6 is 0 Å². The van der Waals surface area contributed by atoms with Gasteiger partial charge in [0.05, 0.1) is 6.42 Å². The number of anilines is 1. The molecule has 23 heavy (non-hydrogen) atoms. The van der Waals surface area contributed by atoms with Crippen molar-refractivity contribution in [3.8, 4) is 0 Å². The normalized spacial score (nSPS) is 15.3. The van der Waals surface area contributed by atoms with E-state index in [0.717, 1.165) is 5.57 Å². The average molecular weight is 333 g/mol. The van der Waals surface area contributed by atoms with Crippen LogP contribution in [0.5, 0.6) is 0 Å². The third-order valence-corrected chi connectivity index (χ3v) is 3.95. The molecular formula is C14H22F3N5O. The number of allylic oxidation sites excluding steroid dienone is 1. The standard InChI is InChI=1S/C14H22F3N5O/c1-4-13(3,11-20-12(18)22-21-11)9(2)6-8-19-10(23)5-7-14(15,16)17/h6H,4-5,7-8H2,1-3H3,(H,19,23)(H3,18,20,21,22)/b9-6+. The molecule has 0 aliphatic heterocycles. The zero-order chi connectivity index (χ0) is 17.7. The van der Waals surface area contributed by atoms with Gasteiger partial charge in [-0.2, -0.15) is 18.2 Å². The number of nitrogens with two attached hydrogens (primary N) is 1. The first kappa shape index (κ1) is 19.0. The molecule has 1 atom stereocenters. The molecule has 0 spiro atoms. The van der Waals surface area contributed by atoms with E-state index in [-0.39, 0.29) is 12.5 Å². The molecule has 9 heteroatoms. The molecule has 1 unspecified atom stereocenters. The highest BCUT2D eigenvalue weighted by molar-refractivity contribution is 5.76. The molecule has 0 saturated heterocycles. The van der Waals surface area contributed by atoms with Crippen molar-refractivity contribution in [3.05, 3.63) is 17.5 Å². The smallest absolute Gasteiger partial charge is 0.367 e. The van der Waals surface area contributed by atoms with Gasteiger partial charge in [-0.1, -0.05) is 18.6 Å². The van der Waals surface area contributed by atoms with Gasteiger partial charge in [0.1, 0.15) is 5.82 Å². The zero-order valence-electron chi connectivity index (χ0n) is 13.4. The van der Waals surface area contributed by atoms with Crippen molar-refractivity contribution in [1.29, 1.82) is 0 Å². The number of hydrogen-bond acceptors (Lipinski definition) is 4. The summed E-state index contributed by atoms with van der Waals surface area (Å²) in [7, 11) is 0. The van der Waals surface area contributed by atoms with Crippen LogP contribution in [0.4, 0.5) is 19.1 Å². The number of amides is 1. The lowest BCUT2D eigenvalue weighted by atomic mass is 9.79. The summed E-state index contributed by atoms with van der Waals surface area (Å²) in [5.74, 6) is 0.121. The van der Waals surface area contributed by atoms with Crippen molar-refractivity contribution in [2.75, 3.05) is 12.3 Å². The summed E-state index contributed by atoms with van der Waals surface area (Å²) in [5, 5.41) is 9.03. The summed E-state index contributed by atoms with van der Waals surface area (Å²) in [4.78, 5) is 15.5. The number of H-pyrrole nitrogens is 1. The van der Waals surface area contributed by atoms with Gasteiger partial charge in [0.25, 0.3) is 0 Å². The van der Waals surface area contributed by atoms with E-state index < -0.39 is 30.3 Å². The average Bonchev–Trinajstić information content (AvgIpc) is 2.90. The highest BCUT2D eigenvalue weighted by Gasteiger charge is 2.30. The summed E-state index contributed by atoms with van der Waals surface area (Å²) < 4.78 is 36.1. The molecule has 1 aromatic heterocycles. The molecule has 0 saturated carbocycles. The number of aromatic amines is 1. The number of alkyl halides is 3. The van der Waals surface area contributed by atoms with Crippen LogP contribution in [0.15, 0.2) is 11.6 Å². The molecule has 4 N–H and O–H groups in total. The summed E-state index contributed by atoms with van der Waals surface area (Å²) in [5.41, 5.74) is 5.98. The van der Waals surface area contributed by atoms with Crippen molar-refractivity contribution >= 4 is 11.9 Å². The van der Waals surface area contributed by atoms with Gasteiger partial charge in [-0.3, -0.25) is 9.89 Å². The van der Waals surface area contributed by atoms with Crippen LogP contribution < -0.4 is 11.1 Å². The largest absolute Gasteiger partial charge is 0.389 e. The predicted octanol–water partition coefficient (Wildman–Crippen LogP) is 2.46. The molecule has 130 valence electrons. The van der Waals surface area contributed by atoms with Gasteiger partial charge in [0.15, 0.2) is 0 Å². The molecule has 0 radical (unpaired) electrons. The van der Waals surface area contributed by atoms with Crippen LogP contribution in [-0.4, -0.2) is 33.8 Å². The second-order valence-electron chi connectivity index (χ2n) is 5.53. The number of carbonyl (C=O) groups excluding carboxylic acids is 1. The minimum atomic E-state index is -4.32. The molecule has 1 amide bonds. The summed E-state index contributed by atoms with van der Waals surface area (Å²) in [6.07, 6.45) is -3.54. The molecule has 1 aromatic rings. The highest BCUT2D eigenvalue weighted by atomic mass is 19.4. The predicted molar refractivity (Wildman–Crippen MR) is 80.5 cm³/mol.